The van der Waals surface area contributed by atoms with Crippen LogP contribution in [0.15, 0.2) is 18.2 Å². The minimum atomic E-state index is -3.28. The van der Waals surface area contributed by atoms with E-state index in [0.717, 1.165) is 37.8 Å². The van der Waals surface area contributed by atoms with Gasteiger partial charge >= 0.3 is 0 Å². The second-order valence-corrected chi connectivity index (χ2v) is 8.34. The highest BCUT2D eigenvalue weighted by Gasteiger charge is 2.27. The van der Waals surface area contributed by atoms with Gasteiger partial charge in [-0.1, -0.05) is 0 Å². The number of hydrogen-bond acceptors (Lipinski definition) is 4. The molecule has 2 N–H and O–H groups in total. The zero-order valence-electron chi connectivity index (χ0n) is 13.8. The van der Waals surface area contributed by atoms with Crippen molar-refractivity contribution in [2.24, 2.45) is 5.73 Å². The molecular weight excluding hydrogens is 350 g/mol. The highest BCUT2D eigenvalue weighted by atomic mass is 35.5. The van der Waals surface area contributed by atoms with E-state index in [0.29, 0.717) is 24.3 Å². The van der Waals surface area contributed by atoms with Crippen LogP contribution in [0.25, 0.3) is 0 Å². The van der Waals surface area contributed by atoms with Crippen molar-refractivity contribution in [1.29, 1.82) is 0 Å². The van der Waals surface area contributed by atoms with Gasteiger partial charge in [0.25, 0.3) is 5.91 Å². The molecule has 1 saturated heterocycles. The lowest BCUT2D eigenvalue weighted by molar-refractivity contribution is 0.0708. The zero-order valence-corrected chi connectivity index (χ0v) is 15.4. The normalized spacial score (nSPS) is 21.0. The van der Waals surface area contributed by atoms with Crippen LogP contribution >= 0.6 is 12.4 Å². The Morgan fingerprint density at radius 2 is 2.00 bits per heavy atom. The van der Waals surface area contributed by atoms with Gasteiger partial charge in [0.1, 0.15) is 0 Å². The molecule has 24 heavy (non-hydrogen) atoms. The number of sulfonamides is 1. The molecule has 0 saturated carbocycles. The van der Waals surface area contributed by atoms with Crippen LogP contribution < -0.4 is 10.0 Å². The number of likely N-dealkylation sites (tertiary alicyclic amines) is 1. The first-order valence-corrected chi connectivity index (χ1v) is 9.86. The summed E-state index contributed by atoms with van der Waals surface area (Å²) in [6, 6.07) is 5.37. The molecule has 3 rings (SSSR count). The molecule has 1 amide bonds. The van der Waals surface area contributed by atoms with E-state index >= 15 is 0 Å². The van der Waals surface area contributed by atoms with Crippen LogP contribution in [0.4, 0.5) is 5.69 Å². The van der Waals surface area contributed by atoms with Gasteiger partial charge in [-0.2, -0.15) is 0 Å². The molecule has 6 nitrogen and oxygen atoms in total. The van der Waals surface area contributed by atoms with Gasteiger partial charge in [-0.15, -0.1) is 12.4 Å². The number of fused-ring (bicyclic) bond motifs is 1. The topological polar surface area (TPSA) is 83.7 Å². The summed E-state index contributed by atoms with van der Waals surface area (Å²) >= 11 is 0. The van der Waals surface area contributed by atoms with Crippen LogP contribution in [0, 0.1) is 0 Å². The summed E-state index contributed by atoms with van der Waals surface area (Å²) in [5.41, 5.74) is 8.19. The van der Waals surface area contributed by atoms with Gasteiger partial charge in [0.2, 0.25) is 10.0 Å². The van der Waals surface area contributed by atoms with E-state index in [2.05, 4.69) is 0 Å². The quantitative estimate of drug-likeness (QED) is 0.848. The lowest BCUT2D eigenvalue weighted by Crippen LogP contribution is -2.45. The van der Waals surface area contributed by atoms with Crippen LogP contribution in [-0.2, 0) is 16.4 Å². The van der Waals surface area contributed by atoms with E-state index in [1.807, 2.05) is 6.07 Å². The molecule has 1 aromatic rings. The Bertz CT molecular complexity index is 723. The average Bonchev–Trinajstić information content (AvgIpc) is 2.52. The number of benzene rings is 1. The number of anilines is 1. The van der Waals surface area contributed by atoms with Crippen molar-refractivity contribution in [2.45, 2.75) is 31.7 Å². The Balaban J connectivity index is 0.00000208. The Kier molecular flexibility index (Phi) is 5.78. The molecule has 1 fully saturated rings. The number of carbonyl (C=O) groups excluding carboxylic acids is 1. The first kappa shape index (κ1) is 19.0. The van der Waals surface area contributed by atoms with E-state index < -0.39 is 10.0 Å². The molecule has 0 bridgehead atoms. The third-order valence-electron chi connectivity index (χ3n) is 4.55. The fourth-order valence-electron chi connectivity index (χ4n) is 3.42. The lowest BCUT2D eigenvalue weighted by Gasteiger charge is -2.32. The standard InChI is InChI=1S/C16H23N3O3S.ClH/c1-23(21,22)19-9-2-4-12-10-13(6-7-15(12)19)16(20)18-8-3-5-14(17)11-18;/h6-7,10,14H,2-5,8-9,11,17H2,1H3;1H. The van der Waals surface area contributed by atoms with Gasteiger partial charge in [-0.05, 0) is 49.4 Å². The predicted octanol–water partition coefficient (Wildman–Crippen LogP) is 1.38. The zero-order chi connectivity index (χ0) is 16.6. The minimum Gasteiger partial charge on any atom is -0.337 e. The third kappa shape index (κ3) is 3.84. The van der Waals surface area contributed by atoms with Crippen molar-refractivity contribution < 1.29 is 13.2 Å². The summed E-state index contributed by atoms with van der Waals surface area (Å²) in [6.45, 7) is 1.82. The van der Waals surface area contributed by atoms with Crippen LogP contribution in [-0.4, -0.2) is 51.2 Å². The van der Waals surface area contributed by atoms with Crippen LogP contribution in [0.1, 0.15) is 35.2 Å². The monoisotopic (exact) mass is 373 g/mol. The van der Waals surface area contributed by atoms with Crippen LogP contribution in [0.5, 0.6) is 0 Å². The van der Waals surface area contributed by atoms with Crippen molar-refractivity contribution in [2.75, 3.05) is 30.2 Å². The number of halogens is 1. The smallest absolute Gasteiger partial charge is 0.253 e. The van der Waals surface area contributed by atoms with Gasteiger partial charge in [-0.3, -0.25) is 9.10 Å². The summed E-state index contributed by atoms with van der Waals surface area (Å²) in [7, 11) is -3.28. The van der Waals surface area contributed by atoms with Crippen molar-refractivity contribution in [3.05, 3.63) is 29.3 Å². The molecule has 1 unspecified atom stereocenters. The second-order valence-electron chi connectivity index (χ2n) is 6.44. The molecule has 1 aromatic carbocycles. The van der Waals surface area contributed by atoms with Crippen molar-refractivity contribution >= 4 is 34.0 Å². The van der Waals surface area contributed by atoms with E-state index in [1.165, 1.54) is 10.6 Å². The van der Waals surface area contributed by atoms with Crippen molar-refractivity contribution in [3.8, 4) is 0 Å². The maximum absolute atomic E-state index is 12.6. The molecule has 1 atom stereocenters. The number of aryl methyl sites for hydroxylation is 1. The third-order valence-corrected chi connectivity index (χ3v) is 5.73. The maximum atomic E-state index is 12.6. The molecule has 2 heterocycles. The Labute approximate surface area is 149 Å². The Hall–Kier alpha value is -1.31. The van der Waals surface area contributed by atoms with Crippen LogP contribution in [0.2, 0.25) is 0 Å². The minimum absolute atomic E-state index is 0. The molecule has 0 aliphatic carbocycles. The number of carbonyl (C=O) groups is 1. The molecule has 2 aliphatic heterocycles. The predicted molar refractivity (Wildman–Crippen MR) is 97.3 cm³/mol. The fraction of sp³-hybridized carbons (Fsp3) is 0.562. The summed E-state index contributed by atoms with van der Waals surface area (Å²) < 4.78 is 25.2. The summed E-state index contributed by atoms with van der Waals surface area (Å²) in [5.74, 6) is -0.0144. The van der Waals surface area contributed by atoms with Gasteiger partial charge in [0.05, 0.1) is 11.9 Å². The number of nitrogens with zero attached hydrogens (tertiary/aromatic N) is 2. The average molecular weight is 374 g/mol. The largest absolute Gasteiger partial charge is 0.337 e. The van der Waals surface area contributed by atoms with Gasteiger partial charge in [0, 0.05) is 31.2 Å². The molecule has 0 radical (unpaired) electrons. The summed E-state index contributed by atoms with van der Waals surface area (Å²) in [4.78, 5) is 14.4. The molecule has 0 spiro atoms. The molecule has 2 aliphatic rings. The summed E-state index contributed by atoms with van der Waals surface area (Å²) in [5, 5.41) is 0. The highest BCUT2D eigenvalue weighted by molar-refractivity contribution is 7.92. The van der Waals surface area contributed by atoms with Crippen molar-refractivity contribution in [3.63, 3.8) is 0 Å². The maximum Gasteiger partial charge on any atom is 0.253 e. The Morgan fingerprint density at radius 1 is 1.25 bits per heavy atom. The summed E-state index contributed by atoms with van der Waals surface area (Å²) in [6.07, 6.45) is 4.67. The second kappa shape index (κ2) is 7.29. The van der Waals surface area contributed by atoms with Crippen molar-refractivity contribution in [1.82, 2.24) is 4.90 Å². The lowest BCUT2D eigenvalue weighted by atomic mass is 9.99. The Morgan fingerprint density at radius 3 is 2.67 bits per heavy atom. The van der Waals surface area contributed by atoms with E-state index in [-0.39, 0.29) is 24.4 Å². The van der Waals surface area contributed by atoms with Gasteiger partial charge in [0.15, 0.2) is 0 Å². The fourth-order valence-corrected chi connectivity index (χ4v) is 4.41. The number of hydrogen-bond donors (Lipinski definition) is 1. The number of rotatable bonds is 2. The highest BCUT2D eigenvalue weighted by Crippen LogP contribution is 2.30. The van der Waals surface area contributed by atoms with E-state index in [4.69, 9.17) is 5.73 Å². The first-order chi connectivity index (χ1) is 10.9. The first-order valence-electron chi connectivity index (χ1n) is 8.02. The number of nitrogens with two attached hydrogens (primary N) is 1. The SMILES string of the molecule is CS(=O)(=O)N1CCCc2cc(C(=O)N3CCCC(N)C3)ccc21.Cl. The van der Waals surface area contributed by atoms with Gasteiger partial charge < -0.3 is 10.6 Å². The molecule has 8 heteroatoms. The molecule has 0 aromatic heterocycles. The molecular formula is C16H24ClN3O3S. The van der Waals surface area contributed by atoms with E-state index in [9.17, 15) is 13.2 Å². The van der Waals surface area contributed by atoms with Crippen LogP contribution in [0.3, 0.4) is 0 Å². The van der Waals surface area contributed by atoms with Gasteiger partial charge in [-0.25, -0.2) is 8.42 Å². The number of piperidine rings is 1. The number of amides is 1. The molecule has 134 valence electrons. The van der Waals surface area contributed by atoms with E-state index in [1.54, 1.807) is 17.0 Å².